The van der Waals surface area contributed by atoms with Gasteiger partial charge >= 0.3 is 0 Å². The molecule has 0 heterocycles. The van der Waals surface area contributed by atoms with Gasteiger partial charge < -0.3 is 14.6 Å². The van der Waals surface area contributed by atoms with Gasteiger partial charge in [0.15, 0.2) is 6.79 Å². The fraction of sp³-hybridized carbons (Fsp3) is 0.200. The van der Waals surface area contributed by atoms with Crippen LogP contribution in [0.5, 0.6) is 5.75 Å². The van der Waals surface area contributed by atoms with Gasteiger partial charge in [-0.15, -0.1) is 0 Å². The van der Waals surface area contributed by atoms with Crippen LogP contribution in [-0.2, 0) is 18.0 Å². The molecule has 0 aromatic heterocycles. The minimum atomic E-state index is -0.519. The van der Waals surface area contributed by atoms with Crippen LogP contribution < -0.4 is 4.74 Å². The molecule has 2 rings (SSSR count). The zero-order valence-electron chi connectivity index (χ0n) is 11.3. The monoisotopic (exact) mass is 289 g/mol. The van der Waals surface area contributed by atoms with Gasteiger partial charge in [0.2, 0.25) is 0 Å². The largest absolute Gasteiger partial charge is 0.467 e. The summed E-state index contributed by atoms with van der Waals surface area (Å²) in [5.41, 5.74) is 1.29. The van der Waals surface area contributed by atoms with E-state index >= 15 is 0 Å². The third-order valence-electron chi connectivity index (χ3n) is 2.83. The Kier molecular flexibility index (Phi) is 5.25. The molecule has 2 aromatic rings. The molecule has 110 valence electrons. The molecule has 0 bridgehead atoms. The first-order chi connectivity index (χ1) is 10.2. The third kappa shape index (κ3) is 4.27. The van der Waals surface area contributed by atoms with E-state index in [9.17, 15) is 15.2 Å². The van der Waals surface area contributed by atoms with Crippen molar-refractivity contribution in [3.63, 3.8) is 0 Å². The summed E-state index contributed by atoms with van der Waals surface area (Å²) in [6.45, 7) is 0.0671. The van der Waals surface area contributed by atoms with E-state index in [2.05, 4.69) is 0 Å². The van der Waals surface area contributed by atoms with Crippen molar-refractivity contribution < 1.29 is 19.5 Å². The Balaban J connectivity index is 1.89. The van der Waals surface area contributed by atoms with Gasteiger partial charge in [0, 0.05) is 17.7 Å². The molecule has 0 aliphatic rings. The van der Waals surface area contributed by atoms with E-state index < -0.39 is 4.92 Å². The lowest BCUT2D eigenvalue weighted by Crippen LogP contribution is -2.05. The van der Waals surface area contributed by atoms with E-state index in [0.717, 1.165) is 5.56 Å². The Labute approximate surface area is 121 Å². The van der Waals surface area contributed by atoms with Gasteiger partial charge in [-0.1, -0.05) is 30.3 Å². The van der Waals surface area contributed by atoms with Gasteiger partial charge in [-0.05, 0) is 11.6 Å². The van der Waals surface area contributed by atoms with Crippen LogP contribution >= 0.6 is 0 Å². The first kappa shape index (κ1) is 15.0. The highest BCUT2D eigenvalue weighted by molar-refractivity contribution is 5.43. The Morgan fingerprint density at radius 1 is 1.14 bits per heavy atom. The van der Waals surface area contributed by atoms with Gasteiger partial charge in [-0.2, -0.15) is 0 Å². The molecule has 0 radical (unpaired) electrons. The molecule has 0 unspecified atom stereocenters. The summed E-state index contributed by atoms with van der Waals surface area (Å²) in [6, 6.07) is 13.7. The summed E-state index contributed by atoms with van der Waals surface area (Å²) >= 11 is 0. The first-order valence-corrected chi connectivity index (χ1v) is 6.33. The summed E-state index contributed by atoms with van der Waals surface area (Å²) in [7, 11) is 0. The summed E-state index contributed by atoms with van der Waals surface area (Å²) in [6.07, 6.45) is 0. The predicted octanol–water partition coefficient (Wildman–Crippen LogP) is 2.64. The van der Waals surface area contributed by atoms with Crippen LogP contribution in [0, 0.1) is 10.1 Å². The summed E-state index contributed by atoms with van der Waals surface area (Å²) in [5, 5.41) is 19.9. The maximum atomic E-state index is 10.7. The second kappa shape index (κ2) is 7.37. The first-order valence-electron chi connectivity index (χ1n) is 6.33. The molecule has 0 aliphatic carbocycles. The van der Waals surface area contributed by atoms with E-state index in [4.69, 9.17) is 9.47 Å². The van der Waals surface area contributed by atoms with Gasteiger partial charge in [0.25, 0.3) is 5.69 Å². The Morgan fingerprint density at radius 3 is 2.57 bits per heavy atom. The molecule has 0 amide bonds. The second-order valence-corrected chi connectivity index (χ2v) is 4.30. The second-order valence-electron chi connectivity index (χ2n) is 4.30. The standard InChI is InChI=1S/C15H15NO5/c17-9-13-8-14(16(18)19)6-7-15(13)21-11-20-10-12-4-2-1-3-5-12/h1-8,17H,9-11H2. The third-order valence-corrected chi connectivity index (χ3v) is 2.83. The van der Waals surface area contributed by atoms with Gasteiger partial charge in [-0.25, -0.2) is 0 Å². The number of aliphatic hydroxyl groups is 1. The van der Waals surface area contributed by atoms with Crippen molar-refractivity contribution in [2.75, 3.05) is 6.79 Å². The smallest absolute Gasteiger partial charge is 0.270 e. The van der Waals surface area contributed by atoms with Crippen molar-refractivity contribution >= 4 is 5.69 Å². The Morgan fingerprint density at radius 2 is 1.90 bits per heavy atom. The van der Waals surface area contributed by atoms with Gasteiger partial charge in [-0.3, -0.25) is 10.1 Å². The lowest BCUT2D eigenvalue weighted by atomic mass is 10.2. The molecule has 1 N–H and O–H groups in total. The van der Waals surface area contributed by atoms with Crippen molar-refractivity contribution in [1.82, 2.24) is 0 Å². The fourth-order valence-electron chi connectivity index (χ4n) is 1.78. The Hall–Kier alpha value is -2.44. The molecule has 6 nitrogen and oxygen atoms in total. The van der Waals surface area contributed by atoms with Crippen LogP contribution in [0.3, 0.4) is 0 Å². The average Bonchev–Trinajstić information content (AvgIpc) is 2.52. The van der Waals surface area contributed by atoms with E-state index in [1.165, 1.54) is 18.2 Å². The fourth-order valence-corrected chi connectivity index (χ4v) is 1.78. The maximum Gasteiger partial charge on any atom is 0.270 e. The highest BCUT2D eigenvalue weighted by Crippen LogP contribution is 2.24. The van der Waals surface area contributed by atoms with Crippen LogP contribution in [0.1, 0.15) is 11.1 Å². The number of rotatable bonds is 7. The number of hydrogen-bond donors (Lipinski definition) is 1. The van der Waals surface area contributed by atoms with Crippen molar-refractivity contribution in [3.8, 4) is 5.75 Å². The molecule has 0 saturated carbocycles. The number of benzene rings is 2. The minimum absolute atomic E-state index is 0.000292. The Bertz CT molecular complexity index is 600. The predicted molar refractivity (Wildman–Crippen MR) is 75.7 cm³/mol. The number of nitro benzene ring substituents is 1. The minimum Gasteiger partial charge on any atom is -0.467 e. The zero-order chi connectivity index (χ0) is 15.1. The average molecular weight is 289 g/mol. The highest BCUT2D eigenvalue weighted by atomic mass is 16.7. The molecule has 0 aliphatic heterocycles. The quantitative estimate of drug-likeness (QED) is 0.367. The van der Waals surface area contributed by atoms with Crippen molar-refractivity contribution in [3.05, 3.63) is 69.8 Å². The molecule has 0 fully saturated rings. The maximum absolute atomic E-state index is 10.7. The lowest BCUT2D eigenvalue weighted by molar-refractivity contribution is -0.385. The van der Waals surface area contributed by atoms with E-state index in [1.54, 1.807) is 0 Å². The normalized spacial score (nSPS) is 10.3. The molecule has 6 heteroatoms. The lowest BCUT2D eigenvalue weighted by Gasteiger charge is -2.10. The van der Waals surface area contributed by atoms with E-state index in [-0.39, 0.29) is 19.1 Å². The molecular weight excluding hydrogens is 274 g/mol. The number of nitro groups is 1. The van der Waals surface area contributed by atoms with E-state index in [1.807, 2.05) is 30.3 Å². The molecule has 21 heavy (non-hydrogen) atoms. The van der Waals surface area contributed by atoms with Crippen LogP contribution in [0.15, 0.2) is 48.5 Å². The van der Waals surface area contributed by atoms with Crippen molar-refractivity contribution in [1.29, 1.82) is 0 Å². The number of non-ortho nitro benzene ring substituents is 1. The molecule has 0 spiro atoms. The topological polar surface area (TPSA) is 81.8 Å². The molecule has 0 atom stereocenters. The number of nitrogens with zero attached hydrogens (tertiary/aromatic N) is 1. The van der Waals surface area contributed by atoms with Crippen molar-refractivity contribution in [2.45, 2.75) is 13.2 Å². The summed E-state index contributed by atoms with van der Waals surface area (Å²) in [4.78, 5) is 10.1. The number of hydrogen-bond acceptors (Lipinski definition) is 5. The van der Waals surface area contributed by atoms with Gasteiger partial charge in [0.1, 0.15) is 5.75 Å². The van der Waals surface area contributed by atoms with Crippen LogP contribution in [0.25, 0.3) is 0 Å². The summed E-state index contributed by atoms with van der Waals surface area (Å²) < 4.78 is 10.7. The van der Waals surface area contributed by atoms with Crippen LogP contribution in [0.4, 0.5) is 5.69 Å². The molecule has 0 saturated heterocycles. The van der Waals surface area contributed by atoms with Crippen LogP contribution in [-0.4, -0.2) is 16.8 Å². The highest BCUT2D eigenvalue weighted by Gasteiger charge is 2.11. The number of aliphatic hydroxyl groups excluding tert-OH is 1. The summed E-state index contributed by atoms with van der Waals surface area (Å²) in [5.74, 6) is 0.371. The molecule has 2 aromatic carbocycles. The van der Waals surface area contributed by atoms with Crippen molar-refractivity contribution in [2.24, 2.45) is 0 Å². The van der Waals surface area contributed by atoms with E-state index in [0.29, 0.717) is 17.9 Å². The SMILES string of the molecule is O=[N+]([O-])c1ccc(OCOCc2ccccc2)c(CO)c1. The number of ether oxygens (including phenoxy) is 2. The van der Waals surface area contributed by atoms with Gasteiger partial charge in [0.05, 0.1) is 18.1 Å². The zero-order valence-corrected chi connectivity index (χ0v) is 11.3. The van der Waals surface area contributed by atoms with Crippen LogP contribution in [0.2, 0.25) is 0 Å². The molecular formula is C15H15NO5.